The highest BCUT2D eigenvalue weighted by Crippen LogP contribution is 2.57. The molecular weight excluding hydrogens is 372 g/mol. The van der Waals surface area contributed by atoms with Crippen LogP contribution in [0.3, 0.4) is 0 Å². The Hall–Kier alpha value is -1.16. The summed E-state index contributed by atoms with van der Waals surface area (Å²) in [6, 6.07) is 0. The molecule has 3 nitrogen and oxygen atoms in total. The van der Waals surface area contributed by atoms with Crippen LogP contribution in [0.1, 0.15) is 85.5 Å². The minimum atomic E-state index is -0.625. The van der Waals surface area contributed by atoms with Crippen LogP contribution in [0, 0.1) is 17.3 Å². The molecule has 0 saturated heterocycles. The second-order valence-corrected chi connectivity index (χ2v) is 10.9. The molecule has 3 rings (SSSR count). The maximum Gasteiger partial charge on any atom is 0.0811 e. The molecule has 3 aliphatic rings. The average molecular weight is 415 g/mol. The summed E-state index contributed by atoms with van der Waals surface area (Å²) in [6.07, 6.45) is 14.5. The molecule has 0 heterocycles. The molecule has 168 valence electrons. The third-order valence-corrected chi connectivity index (χ3v) is 7.83. The first kappa shape index (κ1) is 23.5. The van der Waals surface area contributed by atoms with Gasteiger partial charge in [-0.2, -0.15) is 0 Å². The van der Waals surface area contributed by atoms with E-state index in [4.69, 9.17) is 0 Å². The number of aliphatic hydroxyl groups excluding tert-OH is 2. The SMILES string of the molecule is C=C1/C(=C/C=C2\CCC[C@]3(C)C([C@H](C)CCCC(C)(C)O)=CC[C@@H]23)C[C@@H](O)C[C@@H]1O. The van der Waals surface area contributed by atoms with Crippen LogP contribution in [0.4, 0.5) is 0 Å². The zero-order valence-electron chi connectivity index (χ0n) is 19.5. The van der Waals surface area contributed by atoms with Gasteiger partial charge in [-0.05, 0) is 87.2 Å². The minimum Gasteiger partial charge on any atom is -0.393 e. The van der Waals surface area contributed by atoms with Gasteiger partial charge in [-0.1, -0.05) is 56.2 Å². The lowest BCUT2D eigenvalue weighted by Crippen LogP contribution is -2.32. The van der Waals surface area contributed by atoms with Gasteiger partial charge in [0.1, 0.15) is 0 Å². The van der Waals surface area contributed by atoms with E-state index < -0.39 is 17.8 Å². The number of fused-ring (bicyclic) bond motifs is 1. The molecule has 30 heavy (non-hydrogen) atoms. The van der Waals surface area contributed by atoms with E-state index in [1.54, 1.807) is 5.57 Å². The van der Waals surface area contributed by atoms with Crippen molar-refractivity contribution >= 4 is 0 Å². The third kappa shape index (κ3) is 5.18. The standard InChI is InChI=1S/C27H42O3/c1-18(8-6-14-26(3,4)30)23-12-13-24-20(9-7-15-27(23,24)5)10-11-21-16-22(28)17-25(29)19(21)2/h10-12,18,22,24-25,28-30H,2,6-9,13-17H2,1,3-5H3/b20-10+,21-11+/t18-,22-,24+,25+,27-/m1/s1. The van der Waals surface area contributed by atoms with Gasteiger partial charge in [0.25, 0.3) is 0 Å². The Bertz CT molecular complexity index is 736. The van der Waals surface area contributed by atoms with Crippen LogP contribution in [-0.2, 0) is 0 Å². The quantitative estimate of drug-likeness (QED) is 0.494. The molecule has 0 aromatic carbocycles. The molecule has 3 aliphatic carbocycles. The van der Waals surface area contributed by atoms with Crippen LogP contribution < -0.4 is 0 Å². The molecule has 2 fully saturated rings. The van der Waals surface area contributed by atoms with Crippen LogP contribution in [0.15, 0.2) is 47.1 Å². The summed E-state index contributed by atoms with van der Waals surface area (Å²) in [5, 5.41) is 30.2. The molecule has 0 aromatic rings. The van der Waals surface area contributed by atoms with E-state index in [2.05, 4.69) is 38.7 Å². The predicted molar refractivity (Wildman–Crippen MR) is 124 cm³/mol. The second-order valence-electron chi connectivity index (χ2n) is 10.9. The molecule has 0 aliphatic heterocycles. The van der Waals surface area contributed by atoms with E-state index >= 15 is 0 Å². The Morgan fingerprint density at radius 2 is 2.03 bits per heavy atom. The van der Waals surface area contributed by atoms with Crippen LogP contribution in [0.5, 0.6) is 0 Å². The summed E-state index contributed by atoms with van der Waals surface area (Å²) in [4.78, 5) is 0. The Balaban J connectivity index is 1.71. The summed E-state index contributed by atoms with van der Waals surface area (Å²) in [5.74, 6) is 1.12. The fraction of sp³-hybridized carbons (Fsp3) is 0.704. The maximum atomic E-state index is 10.1. The van der Waals surface area contributed by atoms with E-state index in [9.17, 15) is 15.3 Å². The fourth-order valence-electron chi connectivity index (χ4n) is 6.08. The highest BCUT2D eigenvalue weighted by Gasteiger charge is 2.45. The molecule has 2 saturated carbocycles. The van der Waals surface area contributed by atoms with Crippen molar-refractivity contribution in [2.24, 2.45) is 17.3 Å². The summed E-state index contributed by atoms with van der Waals surface area (Å²) >= 11 is 0. The summed E-state index contributed by atoms with van der Waals surface area (Å²) in [5.41, 5.74) is 4.55. The Kier molecular flexibility index (Phi) is 7.16. The molecule has 3 N–H and O–H groups in total. The van der Waals surface area contributed by atoms with Gasteiger partial charge in [0, 0.05) is 6.42 Å². The largest absolute Gasteiger partial charge is 0.393 e. The molecule has 0 amide bonds. The number of aliphatic hydroxyl groups is 3. The Morgan fingerprint density at radius 3 is 2.73 bits per heavy atom. The van der Waals surface area contributed by atoms with Crippen LogP contribution in [0.25, 0.3) is 0 Å². The van der Waals surface area contributed by atoms with Gasteiger partial charge < -0.3 is 15.3 Å². The topological polar surface area (TPSA) is 60.7 Å². The first-order valence-corrected chi connectivity index (χ1v) is 11.9. The minimum absolute atomic E-state index is 0.235. The monoisotopic (exact) mass is 414 g/mol. The van der Waals surface area contributed by atoms with E-state index in [0.29, 0.717) is 24.7 Å². The van der Waals surface area contributed by atoms with Crippen molar-refractivity contribution in [2.45, 2.75) is 103 Å². The molecule has 0 unspecified atom stereocenters. The van der Waals surface area contributed by atoms with Crippen molar-refractivity contribution in [3.8, 4) is 0 Å². The molecule has 3 heteroatoms. The maximum absolute atomic E-state index is 10.1. The summed E-state index contributed by atoms with van der Waals surface area (Å²) in [7, 11) is 0. The van der Waals surface area contributed by atoms with Crippen molar-refractivity contribution < 1.29 is 15.3 Å². The summed E-state index contributed by atoms with van der Waals surface area (Å²) < 4.78 is 0. The number of hydrogen-bond acceptors (Lipinski definition) is 3. The van der Waals surface area contributed by atoms with E-state index in [1.807, 2.05) is 13.8 Å². The van der Waals surface area contributed by atoms with Crippen molar-refractivity contribution in [1.29, 1.82) is 0 Å². The van der Waals surface area contributed by atoms with Crippen LogP contribution in [-0.4, -0.2) is 33.1 Å². The van der Waals surface area contributed by atoms with E-state index in [-0.39, 0.29) is 5.41 Å². The lowest BCUT2D eigenvalue weighted by atomic mass is 9.62. The van der Waals surface area contributed by atoms with Gasteiger partial charge in [-0.3, -0.25) is 0 Å². The molecule has 5 atom stereocenters. The van der Waals surface area contributed by atoms with Crippen molar-refractivity contribution in [2.75, 3.05) is 0 Å². The fourth-order valence-corrected chi connectivity index (χ4v) is 6.08. The second kappa shape index (κ2) is 9.14. The number of allylic oxidation sites excluding steroid dienone is 5. The summed E-state index contributed by atoms with van der Waals surface area (Å²) in [6.45, 7) is 12.7. The van der Waals surface area contributed by atoms with Crippen molar-refractivity contribution in [3.63, 3.8) is 0 Å². The lowest BCUT2D eigenvalue weighted by Gasteiger charge is -2.42. The van der Waals surface area contributed by atoms with Crippen molar-refractivity contribution in [3.05, 3.63) is 47.1 Å². The Morgan fingerprint density at radius 1 is 1.30 bits per heavy atom. The highest BCUT2D eigenvalue weighted by molar-refractivity contribution is 5.40. The van der Waals surface area contributed by atoms with Crippen LogP contribution >= 0.6 is 0 Å². The van der Waals surface area contributed by atoms with Crippen LogP contribution in [0.2, 0.25) is 0 Å². The van der Waals surface area contributed by atoms with E-state index in [0.717, 1.165) is 43.3 Å². The van der Waals surface area contributed by atoms with Gasteiger partial charge in [0.2, 0.25) is 0 Å². The number of rotatable bonds is 6. The molecule has 0 aromatic heterocycles. The van der Waals surface area contributed by atoms with Gasteiger partial charge in [0.05, 0.1) is 17.8 Å². The molecule has 0 spiro atoms. The lowest BCUT2D eigenvalue weighted by molar-refractivity contribution is 0.0670. The molecule has 0 bridgehead atoms. The van der Waals surface area contributed by atoms with E-state index in [1.165, 1.54) is 18.4 Å². The molecular formula is C27H42O3. The zero-order valence-corrected chi connectivity index (χ0v) is 19.5. The van der Waals surface area contributed by atoms with Gasteiger partial charge in [-0.25, -0.2) is 0 Å². The normalized spacial score (nSPS) is 36.2. The number of hydrogen-bond donors (Lipinski definition) is 3. The zero-order chi connectivity index (χ0) is 22.1. The van der Waals surface area contributed by atoms with Gasteiger partial charge >= 0.3 is 0 Å². The smallest absolute Gasteiger partial charge is 0.0811 e. The average Bonchev–Trinajstić information content (AvgIpc) is 3.00. The van der Waals surface area contributed by atoms with Crippen molar-refractivity contribution in [1.82, 2.24) is 0 Å². The highest BCUT2D eigenvalue weighted by atomic mass is 16.3. The Labute approximate surface area is 183 Å². The first-order chi connectivity index (χ1) is 14.0. The third-order valence-electron chi connectivity index (χ3n) is 7.83. The predicted octanol–water partition coefficient (Wildman–Crippen LogP) is 5.62. The van der Waals surface area contributed by atoms with Gasteiger partial charge in [-0.15, -0.1) is 0 Å². The molecule has 0 radical (unpaired) electrons. The van der Waals surface area contributed by atoms with Gasteiger partial charge in [0.15, 0.2) is 0 Å². The first-order valence-electron chi connectivity index (χ1n) is 11.9.